The Morgan fingerprint density at radius 2 is 1.69 bits per heavy atom. The summed E-state index contributed by atoms with van der Waals surface area (Å²) in [6.07, 6.45) is 5.58. The van der Waals surface area contributed by atoms with Gasteiger partial charge in [0.05, 0.1) is 6.33 Å². The van der Waals surface area contributed by atoms with Crippen LogP contribution in [0.3, 0.4) is 0 Å². The summed E-state index contributed by atoms with van der Waals surface area (Å²) in [6, 6.07) is 0.539. The lowest BCUT2D eigenvalue weighted by atomic mass is 10.3. The van der Waals surface area contributed by atoms with Crippen molar-refractivity contribution in [1.29, 1.82) is 0 Å². The molecule has 1 aromatic rings. The predicted octanol–water partition coefficient (Wildman–Crippen LogP) is 2.76. The third-order valence-corrected chi connectivity index (χ3v) is 1.12. The van der Waals surface area contributed by atoms with Crippen LogP contribution in [-0.4, -0.2) is 16.8 Å². The van der Waals surface area contributed by atoms with E-state index >= 15 is 0 Å². The molecule has 0 aromatic carbocycles. The van der Waals surface area contributed by atoms with E-state index in [1.54, 1.807) is 6.20 Å². The smallest absolute Gasteiger partial charge is 0.418 e. The average molecular weight is 197 g/mol. The fraction of sp³-hybridized carbons (Fsp3) is 0.500. The molecule has 1 heterocycles. The van der Waals surface area contributed by atoms with E-state index in [0.29, 0.717) is 6.04 Å². The molecule has 0 unspecified atom stereocenters. The van der Waals surface area contributed by atoms with Gasteiger partial charge in [0.1, 0.15) is 0 Å². The van der Waals surface area contributed by atoms with Crippen molar-refractivity contribution in [3.63, 3.8) is 0 Å². The molecule has 1 aromatic heterocycles. The van der Waals surface area contributed by atoms with E-state index in [1.165, 1.54) is 0 Å². The van der Waals surface area contributed by atoms with Crippen molar-refractivity contribution in [1.82, 2.24) is 9.55 Å². The van der Waals surface area contributed by atoms with Crippen LogP contribution in [0.1, 0.15) is 19.9 Å². The highest BCUT2D eigenvalue weighted by Gasteiger charge is 2.20. The minimum Gasteiger partial charge on any atom is -0.418 e. The Morgan fingerprint density at radius 3 is 1.85 bits per heavy atom. The maximum atomic E-state index is 9.75. The van der Waals surface area contributed by atoms with Crippen LogP contribution in [0.15, 0.2) is 18.7 Å². The number of hydrogen-bond donors (Lipinski definition) is 0. The number of hydrogen-bond acceptors (Lipinski definition) is 1. The molecule has 7 heteroatoms. The summed E-state index contributed by atoms with van der Waals surface area (Å²) in [5.41, 5.74) is 0. The lowest BCUT2D eigenvalue weighted by Crippen LogP contribution is -2.02. The second kappa shape index (κ2) is 4.88. The molecule has 0 amide bonds. The zero-order valence-corrected chi connectivity index (χ0v) is 7.29. The number of halogens is 4. The van der Waals surface area contributed by atoms with Gasteiger partial charge in [-0.2, -0.15) is 0 Å². The molecule has 0 aliphatic rings. The molecule has 0 spiro atoms. The van der Waals surface area contributed by atoms with Gasteiger partial charge in [-0.25, -0.2) is 4.98 Å². The molecule has 0 atom stereocenters. The van der Waals surface area contributed by atoms with Gasteiger partial charge in [-0.3, -0.25) is 0 Å². The van der Waals surface area contributed by atoms with Crippen LogP contribution in [0.25, 0.3) is 0 Å². The monoisotopic (exact) mass is 197 g/mol. The van der Waals surface area contributed by atoms with E-state index in [1.807, 2.05) is 12.5 Å². The first-order chi connectivity index (χ1) is 5.80. The zero-order valence-electron chi connectivity index (χ0n) is 7.29. The third-order valence-electron chi connectivity index (χ3n) is 1.12. The van der Waals surface area contributed by atoms with Gasteiger partial charge in [-0.05, 0) is 13.8 Å². The summed E-state index contributed by atoms with van der Waals surface area (Å²) in [6.45, 7) is 4.25. The third kappa shape index (κ3) is 8.90. The average Bonchev–Trinajstić information content (AvgIpc) is 2.31. The molecule has 0 fully saturated rings. The first kappa shape index (κ1) is 12.0. The second-order valence-electron chi connectivity index (χ2n) is 2.60. The number of rotatable bonds is 1. The highest BCUT2D eigenvalue weighted by Crippen LogP contribution is 2.06. The van der Waals surface area contributed by atoms with Crippen LogP contribution in [0.5, 0.6) is 0 Å². The first-order valence-corrected chi connectivity index (χ1v) is 3.65. The Kier molecular flexibility index (Phi) is 4.51. The molecule has 13 heavy (non-hydrogen) atoms. The zero-order chi connectivity index (χ0) is 10.5. The van der Waals surface area contributed by atoms with E-state index in [-0.39, 0.29) is 0 Å². The summed E-state index contributed by atoms with van der Waals surface area (Å²) < 4.78 is 41.1. The minimum atomic E-state index is -6.00. The van der Waals surface area contributed by atoms with Crippen molar-refractivity contribution in [3.8, 4) is 0 Å². The Morgan fingerprint density at radius 1 is 1.23 bits per heavy atom. The molecule has 0 saturated heterocycles. The van der Waals surface area contributed by atoms with E-state index in [2.05, 4.69) is 23.4 Å². The minimum absolute atomic E-state index is 0.539. The molecule has 0 radical (unpaired) electrons. The number of nitrogens with zero attached hydrogens (tertiary/aromatic N) is 2. The van der Waals surface area contributed by atoms with E-state index in [4.69, 9.17) is 0 Å². The van der Waals surface area contributed by atoms with Crippen molar-refractivity contribution in [2.45, 2.75) is 19.9 Å². The largest absolute Gasteiger partial charge is 0.673 e. The van der Waals surface area contributed by atoms with Crippen molar-refractivity contribution >= 4 is 7.25 Å². The molecule has 0 aliphatic heterocycles. The summed E-state index contributed by atoms with van der Waals surface area (Å²) >= 11 is 0. The SMILES string of the molecule is CC(C)n1ccnc1.F[B-](F)(F)F. The van der Waals surface area contributed by atoms with Crippen molar-refractivity contribution in [2.75, 3.05) is 0 Å². The van der Waals surface area contributed by atoms with Gasteiger partial charge in [0.2, 0.25) is 0 Å². The maximum Gasteiger partial charge on any atom is 0.673 e. The van der Waals surface area contributed by atoms with Crippen molar-refractivity contribution in [3.05, 3.63) is 18.7 Å². The van der Waals surface area contributed by atoms with E-state index in [9.17, 15) is 17.3 Å². The quantitative estimate of drug-likeness (QED) is 0.499. The standard InChI is InChI=1S/C6H10N2.BF4/c1-6(2)8-4-3-7-5-8;2-1(3,4)5/h3-6H,1-2H3;/q;-1. The molecule has 76 valence electrons. The van der Waals surface area contributed by atoms with Crippen LogP contribution < -0.4 is 0 Å². The summed E-state index contributed by atoms with van der Waals surface area (Å²) in [4.78, 5) is 3.91. The topological polar surface area (TPSA) is 17.8 Å². The van der Waals surface area contributed by atoms with Gasteiger partial charge in [0.25, 0.3) is 0 Å². The van der Waals surface area contributed by atoms with Gasteiger partial charge in [-0.15, -0.1) is 0 Å². The molecular weight excluding hydrogens is 187 g/mol. The van der Waals surface area contributed by atoms with Crippen molar-refractivity contribution < 1.29 is 17.3 Å². The highest BCUT2D eigenvalue weighted by molar-refractivity contribution is 6.50. The summed E-state index contributed by atoms with van der Waals surface area (Å²) in [5.74, 6) is 0. The number of aromatic nitrogens is 2. The number of imidazole rings is 1. The maximum absolute atomic E-state index is 9.75. The Labute approximate surface area is 73.7 Å². The van der Waals surface area contributed by atoms with E-state index < -0.39 is 7.25 Å². The summed E-state index contributed by atoms with van der Waals surface area (Å²) in [7, 11) is -6.00. The van der Waals surface area contributed by atoms with Crippen LogP contribution in [0, 0.1) is 0 Å². The first-order valence-electron chi connectivity index (χ1n) is 3.65. The molecule has 0 bridgehead atoms. The van der Waals surface area contributed by atoms with Crippen LogP contribution in [0.4, 0.5) is 17.3 Å². The fourth-order valence-electron chi connectivity index (χ4n) is 0.575. The molecule has 1 rings (SSSR count). The molecular formula is C6H10BF4N2-. The summed E-state index contributed by atoms with van der Waals surface area (Å²) in [5, 5.41) is 0. The molecule has 0 aliphatic carbocycles. The van der Waals surface area contributed by atoms with Crippen LogP contribution in [0.2, 0.25) is 0 Å². The van der Waals surface area contributed by atoms with Gasteiger partial charge in [-0.1, -0.05) is 0 Å². The van der Waals surface area contributed by atoms with Crippen molar-refractivity contribution in [2.24, 2.45) is 0 Å². The highest BCUT2D eigenvalue weighted by atomic mass is 19.5. The lowest BCUT2D eigenvalue weighted by molar-refractivity contribution is 0.368. The van der Waals surface area contributed by atoms with Crippen LogP contribution >= 0.6 is 0 Å². The second-order valence-corrected chi connectivity index (χ2v) is 2.60. The van der Waals surface area contributed by atoms with Gasteiger partial charge in [0.15, 0.2) is 0 Å². The van der Waals surface area contributed by atoms with Crippen LogP contribution in [-0.2, 0) is 0 Å². The Balaban J connectivity index is 0.000000252. The van der Waals surface area contributed by atoms with Gasteiger partial charge < -0.3 is 21.8 Å². The molecule has 0 saturated carbocycles. The predicted molar refractivity (Wildman–Crippen MR) is 42.8 cm³/mol. The molecule has 0 N–H and O–H groups in total. The fourth-order valence-corrected chi connectivity index (χ4v) is 0.575. The molecule has 2 nitrogen and oxygen atoms in total. The van der Waals surface area contributed by atoms with Gasteiger partial charge >= 0.3 is 7.25 Å². The van der Waals surface area contributed by atoms with Gasteiger partial charge in [0, 0.05) is 18.4 Å². The Bertz CT molecular complexity index is 213. The lowest BCUT2D eigenvalue weighted by Gasteiger charge is -2.02. The van der Waals surface area contributed by atoms with E-state index in [0.717, 1.165) is 0 Å². The Hall–Kier alpha value is -1.01. The normalized spacial score (nSPS) is 11.0.